The van der Waals surface area contributed by atoms with Crippen molar-refractivity contribution in [3.8, 4) is 0 Å². The van der Waals surface area contributed by atoms with E-state index in [2.05, 4.69) is 27.7 Å². The number of rotatable bonds is 40. The predicted octanol–water partition coefficient (Wildman–Crippen LogP) is 15.4. The van der Waals surface area contributed by atoms with E-state index >= 15 is 0 Å². The van der Waals surface area contributed by atoms with Crippen LogP contribution in [0.2, 0.25) is 0 Å². The Kier molecular flexibility index (Phi) is 34.3. The minimum Gasteiger partial charge on any atom is -0.358 e. The second-order valence-electron chi connectivity index (χ2n) is 18.0. The fourth-order valence-corrected chi connectivity index (χ4v) is 7.79. The van der Waals surface area contributed by atoms with Crippen molar-refractivity contribution in [2.24, 2.45) is 0 Å². The van der Waals surface area contributed by atoms with E-state index in [-0.39, 0.29) is 24.0 Å². The number of carbonyl (C=O) groups is 5. The summed E-state index contributed by atoms with van der Waals surface area (Å²) in [4.78, 5) is 86.4. The Morgan fingerprint density at radius 1 is 0.364 bits per heavy atom. The van der Waals surface area contributed by atoms with Crippen molar-refractivity contribution >= 4 is 30.0 Å². The predicted molar refractivity (Wildman–Crippen MR) is 260 cm³/mol. The van der Waals surface area contributed by atoms with Crippen LogP contribution < -0.4 is 0 Å². The molecule has 372 valence electrons. The average Bonchev–Trinajstić information content (AvgIpc) is 3.32. The highest BCUT2D eigenvalue weighted by atomic mass is 17.2. The first-order valence-corrected chi connectivity index (χ1v) is 26.1. The van der Waals surface area contributed by atoms with E-state index in [0.29, 0.717) is 12.8 Å². The van der Waals surface area contributed by atoms with E-state index in [1.54, 1.807) is 24.3 Å². The van der Waals surface area contributed by atoms with E-state index < -0.39 is 42.2 Å². The lowest BCUT2D eigenvalue weighted by Gasteiger charge is -2.16. The summed E-state index contributed by atoms with van der Waals surface area (Å²) in [6.45, 7) is 8.74. The van der Waals surface area contributed by atoms with Crippen molar-refractivity contribution in [2.75, 3.05) is 0 Å². The minimum absolute atomic E-state index is 0.0980. The van der Waals surface area contributed by atoms with Crippen LogP contribution in [0.5, 0.6) is 0 Å². The van der Waals surface area contributed by atoms with Gasteiger partial charge in [0.25, 0.3) is 0 Å². The maximum absolute atomic E-state index is 13.3. The molecule has 0 amide bonds. The molecule has 0 heterocycles. The van der Waals surface area contributed by atoms with Gasteiger partial charge in [0.15, 0.2) is 0 Å². The highest BCUT2D eigenvalue weighted by molar-refractivity contribution is 5.92. The Morgan fingerprint density at radius 3 is 0.939 bits per heavy atom. The summed E-state index contributed by atoms with van der Waals surface area (Å²) >= 11 is 0. The van der Waals surface area contributed by atoms with Crippen molar-refractivity contribution < 1.29 is 53.0 Å². The van der Waals surface area contributed by atoms with Crippen LogP contribution in [-0.2, 0) is 51.5 Å². The third-order valence-corrected chi connectivity index (χ3v) is 12.0. The summed E-state index contributed by atoms with van der Waals surface area (Å²) in [5.41, 5.74) is 2.69. The number of hydrogen-bond donors (Lipinski definition) is 0. The molecule has 0 N–H and O–H groups in total. The molecule has 11 heteroatoms. The molecule has 2 aromatic carbocycles. The van der Waals surface area contributed by atoms with E-state index in [0.717, 1.165) is 114 Å². The van der Waals surface area contributed by atoms with Gasteiger partial charge in [-0.25, -0.2) is 24.0 Å². The average molecular weight is 923 g/mol. The fourth-order valence-electron chi connectivity index (χ4n) is 7.79. The molecule has 0 aliphatic heterocycles. The normalized spacial score (nSPS) is 12.1. The van der Waals surface area contributed by atoms with Gasteiger partial charge in [0.1, 0.15) is 0 Å². The Balaban J connectivity index is 2.03. The zero-order chi connectivity index (χ0) is 47.9. The molecule has 0 aliphatic rings. The number of carbonyl (C=O) groups excluding carboxylic acids is 5. The topological polar surface area (TPSA) is 141 Å². The summed E-state index contributed by atoms with van der Waals surface area (Å²) in [5.74, 6) is -3.95. The fraction of sp³-hybridized carbons (Fsp3) is 0.691. The first-order chi connectivity index (χ1) is 32.2. The maximum Gasteiger partial charge on any atom is 0.524 e. The highest BCUT2D eigenvalue weighted by Crippen LogP contribution is 2.19. The molecule has 0 spiro atoms. The SMILES string of the molecule is CCCCCCCCCCCCC(OOC(=O)c1ccc(CCCCCC)cc1)C(=O)OC(=O)OC(=O)C(CCCCCCCCCCCC)OOC(=O)c1ccc(CCCCCC)cc1. The zero-order valence-corrected chi connectivity index (χ0v) is 41.4. The molecule has 0 bridgehead atoms. The van der Waals surface area contributed by atoms with Crippen LogP contribution in [0.15, 0.2) is 48.5 Å². The van der Waals surface area contributed by atoms with Gasteiger partial charge >= 0.3 is 30.0 Å². The number of hydrogen-bond acceptors (Lipinski definition) is 11. The summed E-state index contributed by atoms with van der Waals surface area (Å²) in [7, 11) is 0. The van der Waals surface area contributed by atoms with Gasteiger partial charge in [-0.15, -0.1) is 0 Å². The van der Waals surface area contributed by atoms with Crippen LogP contribution in [0.1, 0.15) is 252 Å². The molecule has 0 radical (unpaired) electrons. The van der Waals surface area contributed by atoms with Crippen LogP contribution in [0.4, 0.5) is 4.79 Å². The molecule has 2 unspecified atom stereocenters. The molecular weight excluding hydrogens is 837 g/mol. The van der Waals surface area contributed by atoms with Crippen LogP contribution in [0, 0.1) is 0 Å². The molecule has 0 aliphatic carbocycles. The lowest BCUT2D eigenvalue weighted by atomic mass is 10.0. The summed E-state index contributed by atoms with van der Waals surface area (Å²) < 4.78 is 9.87. The first-order valence-electron chi connectivity index (χ1n) is 26.1. The molecule has 66 heavy (non-hydrogen) atoms. The second kappa shape index (κ2) is 39.0. The van der Waals surface area contributed by atoms with Gasteiger partial charge in [0, 0.05) is 0 Å². The lowest BCUT2D eigenvalue weighted by molar-refractivity contribution is -0.276. The van der Waals surface area contributed by atoms with Crippen molar-refractivity contribution in [3.05, 3.63) is 70.8 Å². The first kappa shape index (κ1) is 58.0. The van der Waals surface area contributed by atoms with Crippen molar-refractivity contribution in [1.29, 1.82) is 0 Å². The summed E-state index contributed by atoms with van der Waals surface area (Å²) in [6, 6.07) is 14.1. The molecule has 0 fully saturated rings. The molecule has 2 rings (SSSR count). The van der Waals surface area contributed by atoms with Crippen molar-refractivity contribution in [1.82, 2.24) is 0 Å². The third kappa shape index (κ3) is 28.2. The van der Waals surface area contributed by atoms with Crippen LogP contribution in [-0.4, -0.2) is 42.2 Å². The van der Waals surface area contributed by atoms with Gasteiger partial charge in [0.05, 0.1) is 11.1 Å². The van der Waals surface area contributed by atoms with Gasteiger partial charge in [-0.1, -0.05) is 219 Å². The van der Waals surface area contributed by atoms with Crippen molar-refractivity contribution in [3.63, 3.8) is 0 Å². The zero-order valence-electron chi connectivity index (χ0n) is 41.4. The smallest absolute Gasteiger partial charge is 0.358 e. The van der Waals surface area contributed by atoms with E-state index in [1.807, 2.05) is 24.3 Å². The highest BCUT2D eigenvalue weighted by Gasteiger charge is 2.31. The van der Waals surface area contributed by atoms with Gasteiger partial charge in [-0.3, -0.25) is 9.78 Å². The third-order valence-electron chi connectivity index (χ3n) is 12.0. The quantitative estimate of drug-likeness (QED) is 0.0207. The Morgan fingerprint density at radius 2 is 0.636 bits per heavy atom. The molecule has 0 saturated heterocycles. The Hall–Kier alpha value is -4.09. The number of aryl methyl sites for hydroxylation is 2. The Bertz CT molecular complexity index is 1460. The largest absolute Gasteiger partial charge is 0.524 e. The van der Waals surface area contributed by atoms with E-state index in [9.17, 15) is 24.0 Å². The van der Waals surface area contributed by atoms with E-state index in [1.165, 1.54) is 77.0 Å². The maximum atomic E-state index is 13.3. The lowest BCUT2D eigenvalue weighted by Crippen LogP contribution is -2.34. The summed E-state index contributed by atoms with van der Waals surface area (Å²) in [5, 5.41) is 0. The number of benzene rings is 2. The van der Waals surface area contributed by atoms with Crippen LogP contribution in [0.3, 0.4) is 0 Å². The summed E-state index contributed by atoms with van der Waals surface area (Å²) in [6.07, 6.45) is 27.8. The molecule has 0 saturated carbocycles. The van der Waals surface area contributed by atoms with Gasteiger partial charge in [-0.2, -0.15) is 9.78 Å². The Labute approximate surface area is 398 Å². The molecule has 11 nitrogen and oxygen atoms in total. The number of ether oxygens (including phenoxy) is 2. The number of esters is 2. The second-order valence-corrected chi connectivity index (χ2v) is 18.0. The van der Waals surface area contributed by atoms with Crippen LogP contribution >= 0.6 is 0 Å². The monoisotopic (exact) mass is 923 g/mol. The minimum atomic E-state index is -1.60. The standard InChI is InChI=1S/C55H86O11/c1-5-9-13-17-19-21-23-25-27-31-35-49(63-65-51(56)47-41-37-45(38-42-47)33-29-15-11-7-3)53(58)61-55(60)62-54(59)50(36-32-28-26-24-22-20-18-14-10-6-2)64-66-52(57)48-43-39-46(40-44-48)34-30-16-12-8-4/h37-44,49-50H,5-36H2,1-4H3. The molecular formula is C55H86O11. The molecule has 2 atom stereocenters. The van der Waals surface area contributed by atoms with Gasteiger partial charge in [-0.05, 0) is 73.9 Å². The van der Waals surface area contributed by atoms with Gasteiger partial charge < -0.3 is 9.47 Å². The van der Waals surface area contributed by atoms with Crippen molar-refractivity contribution in [2.45, 2.75) is 245 Å². The molecule has 2 aromatic rings. The molecule has 0 aromatic heterocycles. The van der Waals surface area contributed by atoms with Crippen LogP contribution in [0.25, 0.3) is 0 Å². The number of unbranched alkanes of at least 4 members (excludes halogenated alkanes) is 24. The van der Waals surface area contributed by atoms with Gasteiger partial charge in [0.2, 0.25) is 12.2 Å². The van der Waals surface area contributed by atoms with E-state index in [4.69, 9.17) is 29.0 Å².